The minimum absolute atomic E-state index is 0.0323. The summed E-state index contributed by atoms with van der Waals surface area (Å²) in [6.45, 7) is 4.02. The van der Waals surface area contributed by atoms with Crippen LogP contribution in [-0.2, 0) is 4.79 Å². The minimum Gasteiger partial charge on any atom is -0.395 e. The monoisotopic (exact) mass is 244 g/mol. The zero-order chi connectivity index (χ0) is 12.8. The first-order valence-electron chi connectivity index (χ1n) is 6.36. The van der Waals surface area contributed by atoms with Crippen molar-refractivity contribution in [2.45, 2.75) is 44.8 Å². The summed E-state index contributed by atoms with van der Waals surface area (Å²) in [4.78, 5) is 12.9. The van der Waals surface area contributed by atoms with Crippen LogP contribution in [0.3, 0.4) is 0 Å². The molecule has 0 unspecified atom stereocenters. The molecule has 0 saturated carbocycles. The van der Waals surface area contributed by atoms with E-state index in [0.717, 1.165) is 32.4 Å². The van der Waals surface area contributed by atoms with Crippen LogP contribution in [0.2, 0.25) is 0 Å². The lowest BCUT2D eigenvalue weighted by Gasteiger charge is -2.25. The lowest BCUT2D eigenvalue weighted by atomic mass is 9.98. The predicted molar refractivity (Wildman–Crippen MR) is 65.3 cm³/mol. The zero-order valence-electron chi connectivity index (χ0n) is 10.5. The zero-order valence-corrected chi connectivity index (χ0v) is 10.5. The van der Waals surface area contributed by atoms with Gasteiger partial charge < -0.3 is 15.9 Å². The fraction of sp³-hybridized carbons (Fsp3) is 0.917. The first-order valence-corrected chi connectivity index (χ1v) is 6.36. The lowest BCUT2D eigenvalue weighted by molar-refractivity contribution is -0.120. The topological polar surface area (TPSA) is 86.8 Å². The number of rotatable bonds is 7. The van der Waals surface area contributed by atoms with Gasteiger partial charge in [0.1, 0.15) is 0 Å². The normalized spacial score (nSPS) is 24.8. The van der Waals surface area contributed by atoms with Crippen molar-refractivity contribution in [3.8, 4) is 0 Å². The molecule has 100 valence electrons. The third kappa shape index (κ3) is 4.61. The fourth-order valence-electron chi connectivity index (χ4n) is 2.37. The first-order chi connectivity index (χ1) is 8.04. The molecule has 0 radical (unpaired) electrons. The number of carbonyl (C=O) groups excluding carboxylic acids is 1. The maximum atomic E-state index is 10.7. The number of nitrogens with zero attached hydrogens (tertiary/aromatic N) is 1. The van der Waals surface area contributed by atoms with Crippen molar-refractivity contribution in [2.24, 2.45) is 11.7 Å². The molecule has 3 atom stereocenters. The molecule has 1 heterocycles. The second kappa shape index (κ2) is 6.93. The molecule has 0 aromatic carbocycles. The van der Waals surface area contributed by atoms with Gasteiger partial charge >= 0.3 is 0 Å². The van der Waals surface area contributed by atoms with Crippen molar-refractivity contribution in [1.82, 2.24) is 4.90 Å². The van der Waals surface area contributed by atoms with Crippen LogP contribution in [-0.4, -0.2) is 52.9 Å². The summed E-state index contributed by atoms with van der Waals surface area (Å²) in [5.41, 5.74) is 5.05. The molecule has 1 amide bonds. The number of aliphatic hydroxyl groups is 2. The summed E-state index contributed by atoms with van der Waals surface area (Å²) in [5.74, 6) is -0.402. The Labute approximate surface area is 103 Å². The summed E-state index contributed by atoms with van der Waals surface area (Å²) in [7, 11) is 0. The van der Waals surface area contributed by atoms with E-state index in [1.807, 2.05) is 6.92 Å². The molecule has 1 aliphatic rings. The van der Waals surface area contributed by atoms with Crippen LogP contribution >= 0.6 is 0 Å². The number of hydrogen-bond donors (Lipinski definition) is 3. The second-order valence-corrected chi connectivity index (χ2v) is 5.02. The van der Waals surface area contributed by atoms with Crippen LogP contribution in [0.25, 0.3) is 0 Å². The van der Waals surface area contributed by atoms with E-state index in [0.29, 0.717) is 0 Å². The first kappa shape index (κ1) is 14.4. The Hall–Kier alpha value is -0.650. The fourth-order valence-corrected chi connectivity index (χ4v) is 2.37. The number of primary amides is 1. The molecule has 1 aliphatic heterocycles. The maximum absolute atomic E-state index is 10.7. The van der Waals surface area contributed by atoms with Crippen molar-refractivity contribution in [1.29, 1.82) is 0 Å². The summed E-state index contributed by atoms with van der Waals surface area (Å²) in [5, 5.41) is 18.9. The van der Waals surface area contributed by atoms with E-state index in [-0.39, 0.29) is 25.0 Å². The molecule has 4 N–H and O–H groups in total. The molecule has 17 heavy (non-hydrogen) atoms. The summed E-state index contributed by atoms with van der Waals surface area (Å²) < 4.78 is 0. The number of nitrogens with two attached hydrogens (primary N) is 1. The van der Waals surface area contributed by atoms with E-state index < -0.39 is 12.0 Å². The van der Waals surface area contributed by atoms with Crippen LogP contribution in [0.5, 0.6) is 0 Å². The standard InChI is InChI=1S/C12H24N2O3/c1-9(11(16)7-12(13)17)4-6-14-5-2-3-10(14)8-15/h9-11,15-16H,2-8H2,1H3,(H2,13,17)/t9-,10+,11+/m1/s1. The Bertz CT molecular complexity index is 248. The molecule has 0 aliphatic carbocycles. The van der Waals surface area contributed by atoms with E-state index in [2.05, 4.69) is 4.90 Å². The Kier molecular flexibility index (Phi) is 5.88. The van der Waals surface area contributed by atoms with E-state index >= 15 is 0 Å². The van der Waals surface area contributed by atoms with Crippen molar-refractivity contribution in [2.75, 3.05) is 19.7 Å². The molecule has 1 saturated heterocycles. The van der Waals surface area contributed by atoms with E-state index in [9.17, 15) is 15.0 Å². The molecule has 0 aromatic heterocycles. The van der Waals surface area contributed by atoms with Gasteiger partial charge in [-0.25, -0.2) is 0 Å². The number of amides is 1. The van der Waals surface area contributed by atoms with Gasteiger partial charge in [0, 0.05) is 6.04 Å². The molecular weight excluding hydrogens is 220 g/mol. The molecule has 0 bridgehead atoms. The van der Waals surface area contributed by atoms with E-state index in [4.69, 9.17) is 5.73 Å². The van der Waals surface area contributed by atoms with Gasteiger partial charge in [0.25, 0.3) is 0 Å². The molecule has 1 fully saturated rings. The van der Waals surface area contributed by atoms with Gasteiger partial charge in [-0.2, -0.15) is 0 Å². The average molecular weight is 244 g/mol. The van der Waals surface area contributed by atoms with E-state index in [1.165, 1.54) is 0 Å². The highest BCUT2D eigenvalue weighted by atomic mass is 16.3. The quantitative estimate of drug-likeness (QED) is 0.574. The number of carbonyl (C=O) groups is 1. The largest absolute Gasteiger partial charge is 0.395 e. The Balaban J connectivity index is 2.27. The van der Waals surface area contributed by atoms with Crippen molar-refractivity contribution in [3.05, 3.63) is 0 Å². The van der Waals surface area contributed by atoms with Gasteiger partial charge in [0.15, 0.2) is 0 Å². The molecular formula is C12H24N2O3. The Morgan fingerprint density at radius 1 is 1.59 bits per heavy atom. The summed E-state index contributed by atoms with van der Waals surface area (Å²) in [6, 6.07) is 0.274. The highest BCUT2D eigenvalue weighted by Crippen LogP contribution is 2.19. The lowest BCUT2D eigenvalue weighted by Crippen LogP contribution is -2.35. The third-order valence-electron chi connectivity index (χ3n) is 3.65. The van der Waals surface area contributed by atoms with Gasteiger partial charge in [0.2, 0.25) is 5.91 Å². The predicted octanol–water partition coefficient (Wildman–Crippen LogP) is -0.294. The average Bonchev–Trinajstić information content (AvgIpc) is 2.72. The molecule has 0 aromatic rings. The van der Waals surface area contributed by atoms with Crippen LogP contribution in [0.4, 0.5) is 0 Å². The van der Waals surface area contributed by atoms with Crippen molar-refractivity contribution >= 4 is 5.91 Å². The minimum atomic E-state index is -0.650. The molecule has 0 spiro atoms. The third-order valence-corrected chi connectivity index (χ3v) is 3.65. The summed E-state index contributed by atoms with van der Waals surface area (Å²) in [6.07, 6.45) is 2.39. The van der Waals surface area contributed by atoms with Crippen LogP contribution in [0.15, 0.2) is 0 Å². The Morgan fingerprint density at radius 2 is 2.29 bits per heavy atom. The summed E-state index contributed by atoms with van der Waals surface area (Å²) >= 11 is 0. The van der Waals surface area contributed by atoms with Crippen LogP contribution in [0.1, 0.15) is 32.6 Å². The Morgan fingerprint density at radius 3 is 2.88 bits per heavy atom. The van der Waals surface area contributed by atoms with Crippen LogP contribution in [0, 0.1) is 5.92 Å². The van der Waals surface area contributed by atoms with Gasteiger partial charge in [-0.3, -0.25) is 9.69 Å². The van der Waals surface area contributed by atoms with E-state index in [1.54, 1.807) is 0 Å². The second-order valence-electron chi connectivity index (χ2n) is 5.02. The van der Waals surface area contributed by atoms with Crippen molar-refractivity contribution in [3.63, 3.8) is 0 Å². The SMILES string of the molecule is C[C@H](CCN1CCC[C@H]1CO)[C@@H](O)CC(N)=O. The van der Waals surface area contributed by atoms with Crippen molar-refractivity contribution < 1.29 is 15.0 Å². The van der Waals surface area contributed by atoms with Gasteiger partial charge in [-0.15, -0.1) is 0 Å². The highest BCUT2D eigenvalue weighted by Gasteiger charge is 2.25. The molecule has 1 rings (SSSR count). The van der Waals surface area contributed by atoms with Gasteiger partial charge in [0.05, 0.1) is 19.1 Å². The highest BCUT2D eigenvalue weighted by molar-refractivity contribution is 5.74. The van der Waals surface area contributed by atoms with Crippen LogP contribution < -0.4 is 5.73 Å². The number of likely N-dealkylation sites (tertiary alicyclic amines) is 1. The maximum Gasteiger partial charge on any atom is 0.220 e. The number of hydrogen-bond acceptors (Lipinski definition) is 4. The van der Waals surface area contributed by atoms with Gasteiger partial charge in [-0.1, -0.05) is 6.92 Å². The molecule has 5 nitrogen and oxygen atoms in total. The van der Waals surface area contributed by atoms with Gasteiger partial charge in [-0.05, 0) is 38.3 Å². The molecule has 5 heteroatoms. The smallest absolute Gasteiger partial charge is 0.220 e. The number of aliphatic hydroxyl groups excluding tert-OH is 2.